The molecule has 0 radical (unpaired) electrons. The summed E-state index contributed by atoms with van der Waals surface area (Å²) in [6.07, 6.45) is 0. The normalized spacial score (nSPS) is 12.0. The van der Waals surface area contributed by atoms with E-state index in [9.17, 15) is 10.4 Å². The Morgan fingerprint density at radius 1 is 1.14 bits per heavy atom. The van der Waals surface area contributed by atoms with Crippen LogP contribution in [0.25, 0.3) is 21.5 Å². The van der Waals surface area contributed by atoms with Crippen LogP contribution >= 0.6 is 33.9 Å². The average molecular weight is 404 g/mol. The van der Waals surface area contributed by atoms with E-state index in [1.54, 1.807) is 12.1 Å². The highest BCUT2D eigenvalue weighted by atomic mass is 127. The molecule has 0 aliphatic heterocycles. The molecule has 3 nitrogen and oxygen atoms in total. The second kappa shape index (κ2) is 5.84. The van der Waals surface area contributed by atoms with E-state index in [4.69, 9.17) is 0 Å². The predicted octanol–water partition coefficient (Wildman–Crippen LogP) is 4.85. The van der Waals surface area contributed by atoms with Gasteiger partial charge in [-0.15, -0.1) is 11.3 Å². The van der Waals surface area contributed by atoms with Gasteiger partial charge in [0.1, 0.15) is 22.4 Å². The summed E-state index contributed by atoms with van der Waals surface area (Å²) in [6.45, 7) is 0. The molecule has 0 fully saturated rings. The quantitative estimate of drug-likeness (QED) is 0.378. The third kappa shape index (κ3) is 2.77. The minimum absolute atomic E-state index is 0.0343. The van der Waals surface area contributed by atoms with E-state index in [1.165, 1.54) is 11.3 Å². The zero-order chi connectivity index (χ0) is 14.8. The minimum Gasteiger partial charge on any atom is -0.506 e. The van der Waals surface area contributed by atoms with Crippen LogP contribution in [-0.4, -0.2) is 10.1 Å². The van der Waals surface area contributed by atoms with Crippen LogP contribution in [0.1, 0.15) is 10.6 Å². The molecule has 0 aliphatic carbocycles. The van der Waals surface area contributed by atoms with Crippen molar-refractivity contribution >= 4 is 55.5 Å². The summed E-state index contributed by atoms with van der Waals surface area (Å²) in [6, 6.07) is 17.1. The number of hydrogen-bond acceptors (Lipinski definition) is 4. The van der Waals surface area contributed by atoms with Gasteiger partial charge in [-0.25, -0.2) is 4.98 Å². The van der Waals surface area contributed by atoms with Gasteiger partial charge in [-0.2, -0.15) is 5.26 Å². The van der Waals surface area contributed by atoms with E-state index in [2.05, 4.69) is 33.6 Å². The number of nitrogens with zero attached hydrogens (tertiary/aromatic N) is 2. The zero-order valence-corrected chi connectivity index (χ0v) is 13.7. The molecule has 5 heteroatoms. The third-order valence-electron chi connectivity index (χ3n) is 2.97. The van der Waals surface area contributed by atoms with Crippen molar-refractivity contribution in [3.05, 3.63) is 62.7 Å². The van der Waals surface area contributed by atoms with E-state index in [-0.39, 0.29) is 11.3 Å². The van der Waals surface area contributed by atoms with Crippen LogP contribution in [0.3, 0.4) is 0 Å². The molecule has 21 heavy (non-hydrogen) atoms. The lowest BCUT2D eigenvalue weighted by Crippen LogP contribution is -1.90. The summed E-state index contributed by atoms with van der Waals surface area (Å²) in [4.78, 5) is 4.42. The molecule has 0 amide bonds. The number of benzene rings is 2. The highest BCUT2D eigenvalue weighted by molar-refractivity contribution is 14.1. The highest BCUT2D eigenvalue weighted by Crippen LogP contribution is 2.30. The molecule has 0 unspecified atom stereocenters. The number of thiazole rings is 1. The molecular weight excluding hydrogens is 395 g/mol. The van der Waals surface area contributed by atoms with Crippen LogP contribution in [0.5, 0.6) is 0 Å². The smallest absolute Gasteiger partial charge is 0.143 e. The van der Waals surface area contributed by atoms with Gasteiger partial charge in [-0.05, 0) is 46.9 Å². The Bertz CT molecular complexity index is 842. The van der Waals surface area contributed by atoms with Crippen molar-refractivity contribution in [1.29, 1.82) is 5.26 Å². The lowest BCUT2D eigenvalue weighted by Gasteiger charge is -2.02. The molecule has 0 saturated heterocycles. The van der Waals surface area contributed by atoms with Gasteiger partial charge < -0.3 is 5.11 Å². The molecule has 0 aliphatic rings. The fraction of sp³-hybridized carbons (Fsp3) is 0. The lowest BCUT2D eigenvalue weighted by atomic mass is 10.1. The third-order valence-corrected chi connectivity index (χ3v) is 4.75. The molecule has 0 saturated carbocycles. The fourth-order valence-electron chi connectivity index (χ4n) is 1.93. The molecule has 3 rings (SSSR count). The first-order valence-electron chi connectivity index (χ1n) is 6.14. The molecule has 102 valence electrons. The van der Waals surface area contributed by atoms with Crippen LogP contribution in [-0.2, 0) is 0 Å². The zero-order valence-electron chi connectivity index (χ0n) is 10.7. The van der Waals surface area contributed by atoms with Gasteiger partial charge in [0, 0.05) is 9.13 Å². The number of aliphatic hydroxyl groups is 1. The molecule has 0 bridgehead atoms. The Hall–Kier alpha value is -1.91. The van der Waals surface area contributed by atoms with Gasteiger partial charge in [0.05, 0.1) is 10.2 Å². The van der Waals surface area contributed by atoms with Gasteiger partial charge in [-0.3, -0.25) is 0 Å². The number of rotatable bonds is 2. The van der Waals surface area contributed by atoms with Gasteiger partial charge in [-0.1, -0.05) is 24.3 Å². The Morgan fingerprint density at radius 2 is 1.86 bits per heavy atom. The maximum absolute atomic E-state index is 10.4. The fourth-order valence-corrected chi connectivity index (χ4v) is 3.25. The first-order valence-corrected chi connectivity index (χ1v) is 8.04. The largest absolute Gasteiger partial charge is 0.506 e. The second-order valence-corrected chi connectivity index (χ2v) is 6.61. The van der Waals surface area contributed by atoms with Gasteiger partial charge in [0.2, 0.25) is 0 Å². The monoisotopic (exact) mass is 404 g/mol. The van der Waals surface area contributed by atoms with Crippen molar-refractivity contribution in [2.45, 2.75) is 0 Å². The van der Waals surface area contributed by atoms with Gasteiger partial charge >= 0.3 is 0 Å². The minimum atomic E-state index is -0.0343. The summed E-state index contributed by atoms with van der Waals surface area (Å²) in [5.41, 5.74) is 1.66. The first kappa shape index (κ1) is 14.0. The van der Waals surface area contributed by atoms with Crippen molar-refractivity contribution in [1.82, 2.24) is 4.98 Å². The SMILES string of the molecule is N#CC(=C(O)c1ccc(I)cc1)c1nc2ccccc2s1. The van der Waals surface area contributed by atoms with Crippen molar-refractivity contribution in [2.24, 2.45) is 0 Å². The number of fused-ring (bicyclic) bond motifs is 1. The molecule has 2 aromatic carbocycles. The number of aromatic nitrogens is 1. The number of allylic oxidation sites excluding steroid dienone is 1. The Labute approximate surface area is 139 Å². The summed E-state index contributed by atoms with van der Waals surface area (Å²) < 4.78 is 2.07. The van der Waals surface area contributed by atoms with Crippen molar-refractivity contribution < 1.29 is 5.11 Å². The van der Waals surface area contributed by atoms with E-state index < -0.39 is 0 Å². The van der Waals surface area contributed by atoms with Crippen molar-refractivity contribution in [3.8, 4) is 6.07 Å². The van der Waals surface area contributed by atoms with Crippen molar-refractivity contribution in [2.75, 3.05) is 0 Å². The van der Waals surface area contributed by atoms with Crippen LogP contribution in [0, 0.1) is 14.9 Å². The maximum atomic E-state index is 10.4. The summed E-state index contributed by atoms with van der Waals surface area (Å²) in [5, 5.41) is 20.3. The second-order valence-electron chi connectivity index (χ2n) is 4.33. The Morgan fingerprint density at radius 3 is 2.52 bits per heavy atom. The molecule has 1 N–H and O–H groups in total. The summed E-state index contributed by atoms with van der Waals surface area (Å²) >= 11 is 3.60. The molecule has 1 aromatic heterocycles. The molecule has 0 spiro atoms. The summed E-state index contributed by atoms with van der Waals surface area (Å²) in [7, 11) is 0. The maximum Gasteiger partial charge on any atom is 0.143 e. The predicted molar refractivity (Wildman–Crippen MR) is 93.8 cm³/mol. The first-order chi connectivity index (χ1) is 10.2. The highest BCUT2D eigenvalue weighted by Gasteiger charge is 2.14. The lowest BCUT2D eigenvalue weighted by molar-refractivity contribution is 0.514. The average Bonchev–Trinajstić information content (AvgIpc) is 2.92. The van der Waals surface area contributed by atoms with E-state index in [0.717, 1.165) is 13.8 Å². The number of para-hydroxylation sites is 1. The summed E-state index contributed by atoms with van der Waals surface area (Å²) in [5.74, 6) is -0.0343. The van der Waals surface area contributed by atoms with Gasteiger partial charge in [0.25, 0.3) is 0 Å². The number of hydrogen-bond donors (Lipinski definition) is 1. The number of nitriles is 1. The van der Waals surface area contributed by atoms with Gasteiger partial charge in [0.15, 0.2) is 0 Å². The number of aliphatic hydroxyl groups excluding tert-OH is 1. The molecule has 3 aromatic rings. The van der Waals surface area contributed by atoms with Crippen LogP contribution in [0.15, 0.2) is 48.5 Å². The topological polar surface area (TPSA) is 56.9 Å². The van der Waals surface area contributed by atoms with E-state index in [1.807, 2.05) is 36.4 Å². The van der Waals surface area contributed by atoms with Crippen LogP contribution < -0.4 is 0 Å². The molecule has 0 atom stereocenters. The van der Waals surface area contributed by atoms with Crippen LogP contribution in [0.4, 0.5) is 0 Å². The standard InChI is InChI=1S/C16H9IN2OS/c17-11-7-5-10(6-8-11)15(20)12(9-18)16-19-13-3-1-2-4-14(13)21-16/h1-8,20H. The number of halogens is 1. The Kier molecular flexibility index (Phi) is 3.90. The van der Waals surface area contributed by atoms with Crippen molar-refractivity contribution in [3.63, 3.8) is 0 Å². The molecule has 1 heterocycles. The Balaban J connectivity index is 2.14. The van der Waals surface area contributed by atoms with Crippen LogP contribution in [0.2, 0.25) is 0 Å². The van der Waals surface area contributed by atoms with E-state index in [0.29, 0.717) is 10.6 Å². The molecular formula is C16H9IN2OS. The van der Waals surface area contributed by atoms with E-state index >= 15 is 0 Å².